The van der Waals surface area contributed by atoms with Gasteiger partial charge in [-0.05, 0) is 13.8 Å². The van der Waals surface area contributed by atoms with Crippen molar-refractivity contribution in [2.45, 2.75) is 38.3 Å². The van der Waals surface area contributed by atoms with Gasteiger partial charge in [-0.1, -0.05) is 0 Å². The highest BCUT2D eigenvalue weighted by Gasteiger charge is 2.45. The monoisotopic (exact) mass is 178 g/mol. The van der Waals surface area contributed by atoms with Crippen LogP contribution in [0.4, 0.5) is 4.39 Å². The van der Waals surface area contributed by atoms with E-state index in [0.29, 0.717) is 6.61 Å². The molecule has 0 aromatic rings. The smallest absolute Gasteiger partial charge is 0.161 e. The fourth-order valence-electron chi connectivity index (χ4n) is 1.35. The van der Waals surface area contributed by atoms with Gasteiger partial charge < -0.3 is 14.6 Å². The quantitative estimate of drug-likeness (QED) is 0.696. The number of aliphatic hydroxyl groups is 1. The van der Waals surface area contributed by atoms with E-state index in [0.717, 1.165) is 0 Å². The zero-order chi connectivity index (χ0) is 9.19. The number of halogens is 1. The molecule has 1 fully saturated rings. The molecule has 0 radical (unpaired) electrons. The van der Waals surface area contributed by atoms with Crippen LogP contribution < -0.4 is 0 Å². The van der Waals surface area contributed by atoms with Gasteiger partial charge in [0.05, 0.1) is 6.61 Å². The van der Waals surface area contributed by atoms with Crippen LogP contribution in [0.1, 0.15) is 20.3 Å². The summed E-state index contributed by atoms with van der Waals surface area (Å²) in [6.07, 6.45) is -1.04. The Morgan fingerprint density at radius 3 is 2.83 bits per heavy atom. The van der Waals surface area contributed by atoms with Crippen LogP contribution in [0.5, 0.6) is 0 Å². The minimum Gasteiger partial charge on any atom is -0.394 e. The number of hydrogen-bond donors (Lipinski definition) is 1. The maximum Gasteiger partial charge on any atom is 0.161 e. The van der Waals surface area contributed by atoms with Crippen molar-refractivity contribution in [3.05, 3.63) is 0 Å². The minimum absolute atomic E-state index is 0.200. The van der Waals surface area contributed by atoms with Gasteiger partial charge in [-0.15, -0.1) is 0 Å². The lowest BCUT2D eigenvalue weighted by Crippen LogP contribution is -2.32. The zero-order valence-corrected chi connectivity index (χ0v) is 7.42. The molecule has 3 atom stereocenters. The fraction of sp³-hybridized carbons (Fsp3) is 1.00. The summed E-state index contributed by atoms with van der Waals surface area (Å²) in [6.45, 7) is 3.45. The summed E-state index contributed by atoms with van der Waals surface area (Å²) in [5.74, 6) is 0. The normalized spacial score (nSPS) is 42.0. The molecule has 1 N–H and O–H groups in total. The maximum atomic E-state index is 13.5. The third-order valence-electron chi connectivity index (χ3n) is 2.07. The van der Waals surface area contributed by atoms with Crippen molar-refractivity contribution >= 4 is 0 Å². The Labute approximate surface area is 71.5 Å². The van der Waals surface area contributed by atoms with Crippen LogP contribution in [0, 0.1) is 0 Å². The number of alkyl halides is 1. The van der Waals surface area contributed by atoms with E-state index >= 15 is 0 Å². The maximum absolute atomic E-state index is 13.5. The van der Waals surface area contributed by atoms with Gasteiger partial charge in [0.1, 0.15) is 11.8 Å². The number of rotatable bonds is 3. The molecule has 12 heavy (non-hydrogen) atoms. The van der Waals surface area contributed by atoms with Gasteiger partial charge in [-0.3, -0.25) is 0 Å². The second-order valence-electron chi connectivity index (χ2n) is 3.17. The van der Waals surface area contributed by atoms with Crippen LogP contribution in [-0.2, 0) is 9.47 Å². The van der Waals surface area contributed by atoms with Crippen LogP contribution in [0.15, 0.2) is 0 Å². The second kappa shape index (κ2) is 3.68. The molecule has 1 saturated heterocycles. The lowest BCUT2D eigenvalue weighted by Gasteiger charge is -2.17. The minimum atomic E-state index is -1.46. The lowest BCUT2D eigenvalue weighted by atomic mass is 10.0. The molecule has 1 heterocycles. The Balaban J connectivity index is 2.48. The molecular weight excluding hydrogens is 163 g/mol. The van der Waals surface area contributed by atoms with E-state index in [1.165, 1.54) is 6.92 Å². The summed E-state index contributed by atoms with van der Waals surface area (Å²) in [6, 6.07) is 0. The van der Waals surface area contributed by atoms with Crippen LogP contribution in [0.3, 0.4) is 0 Å². The van der Waals surface area contributed by atoms with E-state index in [1.54, 1.807) is 0 Å². The summed E-state index contributed by atoms with van der Waals surface area (Å²) in [4.78, 5) is 0. The third-order valence-corrected chi connectivity index (χ3v) is 2.07. The average molecular weight is 178 g/mol. The first-order valence-corrected chi connectivity index (χ1v) is 4.17. The standard InChI is InChI=1S/C8H15FO3/c1-3-11-7-4-8(2,9)6(5-10)12-7/h6-7,10H,3-5H2,1-2H3/t6-,7+,8+/m1/s1. The molecule has 0 spiro atoms. The molecule has 0 aromatic heterocycles. The molecule has 72 valence electrons. The van der Waals surface area contributed by atoms with Crippen molar-refractivity contribution in [3.63, 3.8) is 0 Å². The molecule has 0 unspecified atom stereocenters. The van der Waals surface area contributed by atoms with Gasteiger partial charge in [0.2, 0.25) is 0 Å². The van der Waals surface area contributed by atoms with E-state index in [-0.39, 0.29) is 13.0 Å². The highest BCUT2D eigenvalue weighted by molar-refractivity contribution is 4.90. The summed E-state index contributed by atoms with van der Waals surface area (Å²) in [5.41, 5.74) is -1.46. The van der Waals surface area contributed by atoms with E-state index in [1.807, 2.05) is 6.92 Å². The van der Waals surface area contributed by atoms with Crippen molar-refractivity contribution in [2.75, 3.05) is 13.2 Å². The van der Waals surface area contributed by atoms with E-state index in [9.17, 15) is 4.39 Å². The van der Waals surface area contributed by atoms with E-state index in [2.05, 4.69) is 0 Å². The highest BCUT2D eigenvalue weighted by atomic mass is 19.1. The number of hydrogen-bond acceptors (Lipinski definition) is 3. The van der Waals surface area contributed by atoms with Crippen molar-refractivity contribution in [1.29, 1.82) is 0 Å². The Kier molecular flexibility index (Phi) is 3.04. The predicted molar refractivity (Wildman–Crippen MR) is 41.5 cm³/mol. The molecule has 1 aliphatic rings. The summed E-state index contributed by atoms with van der Waals surface area (Å²) >= 11 is 0. The van der Waals surface area contributed by atoms with E-state index < -0.39 is 18.1 Å². The van der Waals surface area contributed by atoms with Crippen molar-refractivity contribution in [1.82, 2.24) is 0 Å². The summed E-state index contributed by atoms with van der Waals surface area (Å²) in [7, 11) is 0. The predicted octanol–water partition coefficient (Wildman–Crippen LogP) is 0.858. The summed E-state index contributed by atoms with van der Waals surface area (Å²) < 4.78 is 23.7. The zero-order valence-electron chi connectivity index (χ0n) is 7.42. The first kappa shape index (κ1) is 9.89. The summed E-state index contributed by atoms with van der Waals surface area (Å²) in [5, 5.41) is 8.77. The molecule has 0 aliphatic carbocycles. The molecule has 1 aliphatic heterocycles. The van der Waals surface area contributed by atoms with Gasteiger partial charge in [0.25, 0.3) is 0 Å². The molecule has 0 bridgehead atoms. The van der Waals surface area contributed by atoms with Gasteiger partial charge >= 0.3 is 0 Å². The largest absolute Gasteiger partial charge is 0.394 e. The van der Waals surface area contributed by atoms with Crippen LogP contribution in [0.2, 0.25) is 0 Å². The molecule has 1 rings (SSSR count). The van der Waals surface area contributed by atoms with Crippen molar-refractivity contribution in [2.24, 2.45) is 0 Å². The molecule has 0 aromatic carbocycles. The molecule has 0 amide bonds. The molecule has 4 heteroatoms. The van der Waals surface area contributed by atoms with E-state index in [4.69, 9.17) is 14.6 Å². The van der Waals surface area contributed by atoms with Gasteiger partial charge in [0, 0.05) is 13.0 Å². The van der Waals surface area contributed by atoms with Crippen LogP contribution in [-0.4, -0.2) is 36.4 Å². The first-order chi connectivity index (χ1) is 5.60. The first-order valence-electron chi connectivity index (χ1n) is 4.17. The second-order valence-corrected chi connectivity index (χ2v) is 3.17. The van der Waals surface area contributed by atoms with Crippen LogP contribution >= 0.6 is 0 Å². The third kappa shape index (κ3) is 1.94. The topological polar surface area (TPSA) is 38.7 Å². The molecule has 0 saturated carbocycles. The number of aliphatic hydroxyl groups excluding tert-OH is 1. The van der Waals surface area contributed by atoms with Crippen molar-refractivity contribution in [3.8, 4) is 0 Å². The Morgan fingerprint density at radius 2 is 2.42 bits per heavy atom. The van der Waals surface area contributed by atoms with Gasteiger partial charge in [0.15, 0.2) is 6.29 Å². The lowest BCUT2D eigenvalue weighted by molar-refractivity contribution is -0.141. The van der Waals surface area contributed by atoms with Gasteiger partial charge in [-0.2, -0.15) is 0 Å². The average Bonchev–Trinajstić information content (AvgIpc) is 2.25. The van der Waals surface area contributed by atoms with Crippen LogP contribution in [0.25, 0.3) is 0 Å². The van der Waals surface area contributed by atoms with Crippen molar-refractivity contribution < 1.29 is 19.0 Å². The highest BCUT2D eigenvalue weighted by Crippen LogP contribution is 2.33. The number of ether oxygens (including phenoxy) is 2. The SMILES string of the molecule is CCO[C@@H]1C[C@](C)(F)[C@@H](CO)O1. The Hall–Kier alpha value is -0.190. The van der Waals surface area contributed by atoms with Gasteiger partial charge in [-0.25, -0.2) is 4.39 Å². The Morgan fingerprint density at radius 1 is 1.75 bits per heavy atom. The Bertz CT molecular complexity index is 149. The molecular formula is C8H15FO3. The fourth-order valence-corrected chi connectivity index (χ4v) is 1.35. The molecule has 3 nitrogen and oxygen atoms in total.